The van der Waals surface area contributed by atoms with Gasteiger partial charge in [0.25, 0.3) is 0 Å². The molecule has 1 aromatic rings. The monoisotopic (exact) mass is 206 g/mol. The van der Waals surface area contributed by atoms with E-state index in [0.29, 0.717) is 0 Å². The number of carboxylic acid groups (broad SMARTS) is 1. The lowest BCUT2D eigenvalue weighted by Crippen LogP contribution is -1.94. The molecular weight excluding hydrogens is 192 g/mol. The summed E-state index contributed by atoms with van der Waals surface area (Å²) in [6.45, 7) is 1.60. The summed E-state index contributed by atoms with van der Waals surface area (Å²) in [5.41, 5.74) is 1.27. The molecule has 2 rings (SSSR count). The van der Waals surface area contributed by atoms with Crippen LogP contribution in [0.1, 0.15) is 18.9 Å². The Kier molecular flexibility index (Phi) is 4.41. The van der Waals surface area contributed by atoms with E-state index >= 15 is 0 Å². The van der Waals surface area contributed by atoms with Crippen LogP contribution in [0.4, 0.5) is 0 Å². The molecule has 3 heteroatoms. The number of para-hydroxylation sites is 1. The van der Waals surface area contributed by atoms with Gasteiger partial charge in [-0.3, -0.25) is 4.79 Å². The normalized spacial score (nSPS) is 11.8. The van der Waals surface area contributed by atoms with Gasteiger partial charge in [-0.15, -0.1) is 0 Å². The Hall–Kier alpha value is -1.77. The minimum atomic E-state index is -0.745. The SMILES string of the molecule is C1=COc2ccccc2C1.CCC(=O)O. The van der Waals surface area contributed by atoms with Gasteiger partial charge in [0.15, 0.2) is 0 Å². The van der Waals surface area contributed by atoms with Crippen molar-refractivity contribution in [1.82, 2.24) is 0 Å². The minimum Gasteiger partial charge on any atom is -0.481 e. The molecule has 1 heterocycles. The van der Waals surface area contributed by atoms with E-state index in [-0.39, 0.29) is 6.42 Å². The van der Waals surface area contributed by atoms with Crippen molar-refractivity contribution in [2.24, 2.45) is 0 Å². The smallest absolute Gasteiger partial charge is 0.303 e. The Morgan fingerprint density at radius 3 is 2.73 bits per heavy atom. The van der Waals surface area contributed by atoms with Crippen LogP contribution in [-0.2, 0) is 11.2 Å². The number of aliphatic carboxylic acids is 1. The number of hydrogen-bond acceptors (Lipinski definition) is 2. The van der Waals surface area contributed by atoms with E-state index in [1.165, 1.54) is 5.56 Å². The molecule has 0 saturated heterocycles. The van der Waals surface area contributed by atoms with Gasteiger partial charge in [0.2, 0.25) is 0 Å². The maximum Gasteiger partial charge on any atom is 0.303 e. The average Bonchev–Trinajstić information content (AvgIpc) is 2.30. The van der Waals surface area contributed by atoms with Gasteiger partial charge >= 0.3 is 5.97 Å². The third kappa shape index (κ3) is 3.85. The van der Waals surface area contributed by atoms with Crippen molar-refractivity contribution >= 4 is 5.97 Å². The summed E-state index contributed by atoms with van der Waals surface area (Å²) in [4.78, 5) is 9.37. The van der Waals surface area contributed by atoms with Crippen LogP contribution in [0.15, 0.2) is 36.6 Å². The van der Waals surface area contributed by atoms with Crippen LogP contribution >= 0.6 is 0 Å². The number of carboxylic acids is 1. The number of ether oxygens (including phenoxy) is 1. The molecule has 0 spiro atoms. The Bertz CT molecular complexity index is 329. The van der Waals surface area contributed by atoms with Crippen molar-refractivity contribution in [2.75, 3.05) is 0 Å². The molecule has 1 aliphatic rings. The van der Waals surface area contributed by atoms with Crippen LogP contribution < -0.4 is 4.74 Å². The first kappa shape index (κ1) is 11.3. The summed E-state index contributed by atoms with van der Waals surface area (Å²) in [5, 5.41) is 7.72. The Balaban J connectivity index is 0.000000195. The quantitative estimate of drug-likeness (QED) is 0.768. The highest BCUT2D eigenvalue weighted by Gasteiger charge is 2.02. The van der Waals surface area contributed by atoms with Gasteiger partial charge in [-0.25, -0.2) is 0 Å². The summed E-state index contributed by atoms with van der Waals surface area (Å²) in [7, 11) is 0. The lowest BCUT2D eigenvalue weighted by Gasteiger charge is -2.09. The summed E-state index contributed by atoms with van der Waals surface area (Å²) >= 11 is 0. The van der Waals surface area contributed by atoms with Crippen LogP contribution in [0, 0.1) is 0 Å². The summed E-state index contributed by atoms with van der Waals surface area (Å²) in [6, 6.07) is 8.08. The molecule has 0 bridgehead atoms. The lowest BCUT2D eigenvalue weighted by atomic mass is 10.1. The largest absolute Gasteiger partial charge is 0.481 e. The van der Waals surface area contributed by atoms with E-state index < -0.39 is 5.97 Å². The molecule has 0 unspecified atom stereocenters. The Morgan fingerprint density at radius 2 is 2.13 bits per heavy atom. The van der Waals surface area contributed by atoms with Crippen molar-refractivity contribution in [3.8, 4) is 5.75 Å². The van der Waals surface area contributed by atoms with Gasteiger partial charge in [-0.05, 0) is 24.1 Å². The van der Waals surface area contributed by atoms with E-state index in [9.17, 15) is 4.79 Å². The number of benzene rings is 1. The van der Waals surface area contributed by atoms with Crippen LogP contribution in [0.5, 0.6) is 5.75 Å². The van der Waals surface area contributed by atoms with Crippen LogP contribution in [0.2, 0.25) is 0 Å². The van der Waals surface area contributed by atoms with Crippen molar-refractivity contribution in [3.63, 3.8) is 0 Å². The zero-order chi connectivity index (χ0) is 11.1. The standard InChI is InChI=1S/C9H8O.C3H6O2/c1-2-6-9-8(4-1)5-3-7-10-9;1-2-3(4)5/h1-4,6-7H,5H2;2H2,1H3,(H,4,5). The zero-order valence-corrected chi connectivity index (χ0v) is 8.64. The number of fused-ring (bicyclic) bond motifs is 1. The predicted octanol–water partition coefficient (Wildman–Crippen LogP) is 2.62. The predicted molar refractivity (Wildman–Crippen MR) is 57.8 cm³/mol. The molecule has 1 aliphatic heterocycles. The number of hydrogen-bond donors (Lipinski definition) is 1. The van der Waals surface area contributed by atoms with E-state index in [4.69, 9.17) is 9.84 Å². The van der Waals surface area contributed by atoms with E-state index in [0.717, 1.165) is 12.2 Å². The highest BCUT2D eigenvalue weighted by molar-refractivity contribution is 5.66. The summed E-state index contributed by atoms with van der Waals surface area (Å²) in [6.07, 6.45) is 4.97. The fourth-order valence-corrected chi connectivity index (χ4v) is 1.08. The third-order valence-corrected chi connectivity index (χ3v) is 1.90. The maximum atomic E-state index is 9.37. The van der Waals surface area contributed by atoms with Crippen LogP contribution in [0.25, 0.3) is 0 Å². The molecular formula is C12H14O3. The van der Waals surface area contributed by atoms with Crippen molar-refractivity contribution in [2.45, 2.75) is 19.8 Å². The van der Waals surface area contributed by atoms with Gasteiger partial charge in [-0.2, -0.15) is 0 Å². The maximum absolute atomic E-state index is 9.37. The molecule has 3 nitrogen and oxygen atoms in total. The van der Waals surface area contributed by atoms with Crippen molar-refractivity contribution in [3.05, 3.63) is 42.2 Å². The Labute approximate surface area is 89.0 Å². The van der Waals surface area contributed by atoms with Gasteiger partial charge in [-0.1, -0.05) is 25.1 Å². The topological polar surface area (TPSA) is 46.5 Å². The molecule has 1 N–H and O–H groups in total. The van der Waals surface area contributed by atoms with Gasteiger partial charge < -0.3 is 9.84 Å². The molecule has 15 heavy (non-hydrogen) atoms. The van der Waals surface area contributed by atoms with E-state index in [2.05, 4.69) is 6.07 Å². The van der Waals surface area contributed by atoms with Gasteiger partial charge in [0.05, 0.1) is 6.26 Å². The third-order valence-electron chi connectivity index (χ3n) is 1.90. The van der Waals surface area contributed by atoms with E-state index in [1.807, 2.05) is 24.3 Å². The summed E-state index contributed by atoms with van der Waals surface area (Å²) in [5.74, 6) is 0.245. The molecule has 0 aromatic heterocycles. The van der Waals surface area contributed by atoms with Gasteiger partial charge in [0.1, 0.15) is 5.75 Å². The molecule has 0 aliphatic carbocycles. The second kappa shape index (κ2) is 5.86. The molecule has 1 aromatic carbocycles. The number of rotatable bonds is 1. The Morgan fingerprint density at radius 1 is 1.47 bits per heavy atom. The fourth-order valence-electron chi connectivity index (χ4n) is 1.08. The van der Waals surface area contributed by atoms with Gasteiger partial charge in [0, 0.05) is 6.42 Å². The number of allylic oxidation sites excluding steroid dienone is 1. The molecule has 0 amide bonds. The second-order valence-electron chi connectivity index (χ2n) is 3.05. The highest BCUT2D eigenvalue weighted by Crippen LogP contribution is 2.21. The molecule has 0 fully saturated rings. The van der Waals surface area contributed by atoms with Crippen LogP contribution in [-0.4, -0.2) is 11.1 Å². The van der Waals surface area contributed by atoms with Crippen molar-refractivity contribution in [1.29, 1.82) is 0 Å². The second-order valence-corrected chi connectivity index (χ2v) is 3.05. The first-order valence-corrected chi connectivity index (χ1v) is 4.85. The minimum absolute atomic E-state index is 0.222. The summed E-state index contributed by atoms with van der Waals surface area (Å²) < 4.78 is 5.24. The van der Waals surface area contributed by atoms with Crippen molar-refractivity contribution < 1.29 is 14.6 Å². The average molecular weight is 206 g/mol. The first-order valence-electron chi connectivity index (χ1n) is 4.85. The first-order chi connectivity index (χ1) is 7.24. The zero-order valence-electron chi connectivity index (χ0n) is 8.64. The highest BCUT2D eigenvalue weighted by atomic mass is 16.5. The molecule has 80 valence electrons. The van der Waals surface area contributed by atoms with E-state index in [1.54, 1.807) is 13.2 Å². The molecule has 0 atom stereocenters. The number of carbonyl (C=O) groups is 1. The lowest BCUT2D eigenvalue weighted by molar-refractivity contribution is -0.136. The molecule has 0 radical (unpaired) electrons. The van der Waals surface area contributed by atoms with Crippen LogP contribution in [0.3, 0.4) is 0 Å². The fraction of sp³-hybridized carbons (Fsp3) is 0.250. The molecule has 0 saturated carbocycles.